The third-order valence-corrected chi connectivity index (χ3v) is 7.12. The Kier molecular flexibility index (Phi) is 10.9. The molecular weight excluding hydrogens is 499 g/mol. The summed E-state index contributed by atoms with van der Waals surface area (Å²) in [6, 6.07) is 7.54. The summed E-state index contributed by atoms with van der Waals surface area (Å²) in [6.07, 6.45) is 6.36. The monoisotopic (exact) mass is 536 g/mol. The summed E-state index contributed by atoms with van der Waals surface area (Å²) >= 11 is 0. The fraction of sp³-hybridized carbons (Fsp3) is 0.667. The Labute approximate surface area is 193 Å². The first kappa shape index (κ1) is 26.2. The number of nitrogens with zero attached hydrogens (tertiary/aromatic N) is 1. The van der Waals surface area contributed by atoms with Gasteiger partial charge in [0.15, 0.2) is 5.96 Å². The normalized spacial score (nSPS) is 16.5. The van der Waals surface area contributed by atoms with Crippen LogP contribution in [0.3, 0.4) is 0 Å². The molecule has 0 aliphatic heterocycles. The number of halogens is 1. The van der Waals surface area contributed by atoms with Crippen molar-refractivity contribution in [3.63, 3.8) is 0 Å². The maximum Gasteiger partial charge on any atom is 0.216 e. The molecule has 1 saturated carbocycles. The van der Waals surface area contributed by atoms with Crippen LogP contribution in [-0.4, -0.2) is 34.0 Å². The van der Waals surface area contributed by atoms with Gasteiger partial charge in [-0.2, -0.15) is 0 Å². The first-order valence-corrected chi connectivity index (χ1v) is 12.0. The van der Waals surface area contributed by atoms with Gasteiger partial charge in [-0.05, 0) is 49.7 Å². The molecule has 1 fully saturated rings. The van der Waals surface area contributed by atoms with E-state index in [1.165, 1.54) is 32.1 Å². The average molecular weight is 537 g/mol. The molecule has 0 spiro atoms. The van der Waals surface area contributed by atoms with Gasteiger partial charge in [0.05, 0.1) is 5.75 Å². The van der Waals surface area contributed by atoms with E-state index in [0.717, 1.165) is 23.6 Å². The van der Waals surface area contributed by atoms with Crippen molar-refractivity contribution < 1.29 is 8.42 Å². The molecule has 1 aliphatic rings. The molecule has 0 radical (unpaired) electrons. The lowest BCUT2D eigenvalue weighted by atomic mass is 9.83. The largest absolute Gasteiger partial charge is 0.356 e. The van der Waals surface area contributed by atoms with Crippen LogP contribution < -0.4 is 15.4 Å². The van der Waals surface area contributed by atoms with Crippen molar-refractivity contribution in [3.05, 3.63) is 35.4 Å². The van der Waals surface area contributed by atoms with Gasteiger partial charge in [-0.1, -0.05) is 44.0 Å². The Balaban J connectivity index is 0.00000420. The number of rotatable bonds is 9. The van der Waals surface area contributed by atoms with Crippen LogP contribution in [0.25, 0.3) is 0 Å². The third-order valence-electron chi connectivity index (χ3n) is 5.59. The van der Waals surface area contributed by atoms with Crippen LogP contribution in [0.5, 0.6) is 0 Å². The van der Waals surface area contributed by atoms with Gasteiger partial charge in [0.25, 0.3) is 0 Å². The highest BCUT2D eigenvalue weighted by Crippen LogP contribution is 2.40. The van der Waals surface area contributed by atoms with Crippen molar-refractivity contribution in [2.45, 2.75) is 71.2 Å². The SMILES string of the molecule is CCC1(CNC(=NC)NCc2ccccc2CS(=O)(=O)NC(C)C)CCCC1.I. The summed E-state index contributed by atoms with van der Waals surface area (Å²) in [7, 11) is -1.59. The number of hydrogen-bond donors (Lipinski definition) is 3. The maximum atomic E-state index is 12.3. The molecule has 0 atom stereocenters. The standard InChI is InChI=1S/C21H36N4O2S.HI/c1-5-21(12-8-9-13-21)16-24-20(22-4)23-14-18-10-6-7-11-19(18)15-28(26,27)25-17(2)3;/h6-7,10-11,17,25H,5,8-9,12-16H2,1-4H3,(H2,22,23,24);1H. The van der Waals surface area contributed by atoms with Gasteiger partial charge < -0.3 is 10.6 Å². The Morgan fingerprint density at radius 2 is 1.76 bits per heavy atom. The van der Waals surface area contributed by atoms with Gasteiger partial charge in [-0.25, -0.2) is 13.1 Å². The zero-order chi connectivity index (χ0) is 20.6. The zero-order valence-corrected chi connectivity index (χ0v) is 21.3. The van der Waals surface area contributed by atoms with E-state index in [4.69, 9.17) is 0 Å². The van der Waals surface area contributed by atoms with Gasteiger partial charge in [-0.3, -0.25) is 4.99 Å². The molecule has 166 valence electrons. The molecule has 3 N–H and O–H groups in total. The Morgan fingerprint density at radius 3 is 2.31 bits per heavy atom. The highest BCUT2D eigenvalue weighted by Gasteiger charge is 2.31. The van der Waals surface area contributed by atoms with Crippen molar-refractivity contribution >= 4 is 40.0 Å². The quantitative estimate of drug-likeness (QED) is 0.255. The topological polar surface area (TPSA) is 82.6 Å². The summed E-state index contributed by atoms with van der Waals surface area (Å²) in [5.74, 6) is 0.742. The van der Waals surface area contributed by atoms with Crippen molar-refractivity contribution in [2.75, 3.05) is 13.6 Å². The van der Waals surface area contributed by atoms with E-state index < -0.39 is 10.0 Å². The number of nitrogens with one attached hydrogen (secondary N) is 3. The van der Waals surface area contributed by atoms with Crippen molar-refractivity contribution in [1.82, 2.24) is 15.4 Å². The molecule has 1 aromatic rings. The number of aliphatic imine (C=N–C) groups is 1. The fourth-order valence-corrected chi connectivity index (χ4v) is 5.42. The maximum absolute atomic E-state index is 12.3. The van der Waals surface area contributed by atoms with Crippen molar-refractivity contribution in [3.8, 4) is 0 Å². The Morgan fingerprint density at radius 1 is 1.14 bits per heavy atom. The fourth-order valence-electron chi connectivity index (χ4n) is 3.93. The van der Waals surface area contributed by atoms with Gasteiger partial charge in [0, 0.05) is 26.2 Å². The van der Waals surface area contributed by atoms with E-state index in [-0.39, 0.29) is 35.8 Å². The molecule has 1 aromatic carbocycles. The first-order chi connectivity index (χ1) is 13.3. The highest BCUT2D eigenvalue weighted by molar-refractivity contribution is 14.0. The number of hydrogen-bond acceptors (Lipinski definition) is 3. The minimum atomic E-state index is -3.36. The van der Waals surface area contributed by atoms with Crippen molar-refractivity contribution in [2.24, 2.45) is 10.4 Å². The van der Waals surface area contributed by atoms with E-state index in [0.29, 0.717) is 12.0 Å². The lowest BCUT2D eigenvalue weighted by Gasteiger charge is -2.28. The molecule has 2 rings (SSSR count). The smallest absolute Gasteiger partial charge is 0.216 e. The summed E-state index contributed by atoms with van der Waals surface area (Å²) in [5.41, 5.74) is 2.15. The molecule has 0 saturated heterocycles. The molecule has 0 heterocycles. The lowest BCUT2D eigenvalue weighted by Crippen LogP contribution is -2.42. The second kappa shape index (κ2) is 12.1. The van der Waals surface area contributed by atoms with E-state index in [9.17, 15) is 8.42 Å². The summed E-state index contributed by atoms with van der Waals surface area (Å²) in [4.78, 5) is 4.34. The second-order valence-electron chi connectivity index (χ2n) is 8.14. The van der Waals surface area contributed by atoms with Crippen LogP contribution in [0.2, 0.25) is 0 Å². The predicted octanol–water partition coefficient (Wildman–Crippen LogP) is 3.77. The minimum absolute atomic E-state index is 0. The summed E-state index contributed by atoms with van der Waals surface area (Å²) in [6.45, 7) is 7.39. The molecule has 0 bridgehead atoms. The first-order valence-electron chi connectivity index (χ1n) is 10.3. The zero-order valence-electron chi connectivity index (χ0n) is 18.1. The van der Waals surface area contributed by atoms with Gasteiger partial charge in [0.2, 0.25) is 10.0 Å². The molecule has 0 unspecified atom stereocenters. The van der Waals surface area contributed by atoms with E-state index in [2.05, 4.69) is 27.3 Å². The number of sulfonamides is 1. The van der Waals surface area contributed by atoms with Crippen LogP contribution in [0, 0.1) is 5.41 Å². The van der Waals surface area contributed by atoms with Gasteiger partial charge in [0.1, 0.15) is 0 Å². The molecule has 29 heavy (non-hydrogen) atoms. The van der Waals surface area contributed by atoms with Crippen LogP contribution in [0.15, 0.2) is 29.3 Å². The molecule has 8 heteroatoms. The van der Waals surface area contributed by atoms with Crippen LogP contribution in [-0.2, 0) is 22.3 Å². The van der Waals surface area contributed by atoms with Crippen LogP contribution in [0.1, 0.15) is 64.0 Å². The van der Waals surface area contributed by atoms with E-state index >= 15 is 0 Å². The Hall–Kier alpha value is -0.870. The van der Waals surface area contributed by atoms with E-state index in [1.54, 1.807) is 7.05 Å². The molecule has 6 nitrogen and oxygen atoms in total. The number of benzene rings is 1. The molecular formula is C21H37IN4O2S. The van der Waals surface area contributed by atoms with Crippen LogP contribution >= 0.6 is 24.0 Å². The van der Waals surface area contributed by atoms with E-state index in [1.807, 2.05) is 38.1 Å². The highest BCUT2D eigenvalue weighted by atomic mass is 127. The summed E-state index contributed by atoms with van der Waals surface area (Å²) in [5, 5.41) is 6.82. The third kappa shape index (κ3) is 8.41. The van der Waals surface area contributed by atoms with Gasteiger partial charge in [-0.15, -0.1) is 24.0 Å². The number of guanidine groups is 1. The lowest BCUT2D eigenvalue weighted by molar-refractivity contribution is 0.283. The van der Waals surface area contributed by atoms with Crippen LogP contribution in [0.4, 0.5) is 0 Å². The molecule has 0 aromatic heterocycles. The second-order valence-corrected chi connectivity index (χ2v) is 9.89. The Bertz CT molecular complexity index is 760. The van der Waals surface area contributed by atoms with Gasteiger partial charge >= 0.3 is 0 Å². The summed E-state index contributed by atoms with van der Waals surface area (Å²) < 4.78 is 27.3. The average Bonchev–Trinajstić information content (AvgIpc) is 3.11. The molecule has 0 amide bonds. The molecule has 1 aliphatic carbocycles. The minimum Gasteiger partial charge on any atom is -0.356 e. The predicted molar refractivity (Wildman–Crippen MR) is 132 cm³/mol. The van der Waals surface area contributed by atoms with Crippen molar-refractivity contribution in [1.29, 1.82) is 0 Å².